The molecule has 0 spiro atoms. The number of nitrogens with one attached hydrogen (secondary N) is 1. The first-order valence-corrected chi connectivity index (χ1v) is 6.62. The Morgan fingerprint density at radius 2 is 2.15 bits per heavy atom. The van der Waals surface area contributed by atoms with Crippen LogP contribution in [0.2, 0.25) is 5.02 Å². The molecule has 0 bridgehead atoms. The van der Waals surface area contributed by atoms with Gasteiger partial charge in [0.15, 0.2) is 0 Å². The molecule has 0 aliphatic heterocycles. The van der Waals surface area contributed by atoms with Crippen LogP contribution < -0.4 is 5.32 Å². The molecule has 2 N–H and O–H groups in total. The summed E-state index contributed by atoms with van der Waals surface area (Å²) in [5.41, 5.74) is 1.21. The number of carbonyl (C=O) groups excluding carboxylic acids is 1. The smallest absolute Gasteiger partial charge is 0.326 e. The van der Waals surface area contributed by atoms with Crippen LogP contribution in [0.1, 0.15) is 28.8 Å². The van der Waals surface area contributed by atoms with E-state index in [1.165, 1.54) is 0 Å². The van der Waals surface area contributed by atoms with Gasteiger partial charge in [-0.05, 0) is 37.5 Å². The number of carbonyl (C=O) groups is 2. The minimum Gasteiger partial charge on any atom is -0.480 e. The molecule has 0 fully saturated rings. The number of hydrogen-bond acceptors (Lipinski definition) is 3. The third kappa shape index (κ3) is 4.83. The number of rotatable bonds is 7. The molecule has 6 heteroatoms. The van der Waals surface area contributed by atoms with E-state index in [4.69, 9.17) is 21.4 Å². The van der Waals surface area contributed by atoms with Gasteiger partial charge in [-0.25, -0.2) is 4.79 Å². The van der Waals surface area contributed by atoms with E-state index in [0.717, 1.165) is 5.56 Å². The summed E-state index contributed by atoms with van der Waals surface area (Å²) in [4.78, 5) is 23.1. The second kappa shape index (κ2) is 7.87. The van der Waals surface area contributed by atoms with Gasteiger partial charge in [0.2, 0.25) is 0 Å². The molecule has 0 heterocycles. The summed E-state index contributed by atoms with van der Waals surface area (Å²) >= 11 is 5.99. The van der Waals surface area contributed by atoms with Gasteiger partial charge in [0.05, 0.1) is 10.6 Å². The van der Waals surface area contributed by atoms with Crippen molar-refractivity contribution < 1.29 is 19.4 Å². The minimum atomic E-state index is -1.07. The van der Waals surface area contributed by atoms with Crippen molar-refractivity contribution in [1.29, 1.82) is 0 Å². The Morgan fingerprint density at radius 3 is 2.70 bits per heavy atom. The summed E-state index contributed by atoms with van der Waals surface area (Å²) < 4.78 is 4.87. The second-order valence-electron chi connectivity index (χ2n) is 4.48. The highest BCUT2D eigenvalue weighted by molar-refractivity contribution is 6.33. The number of aryl methyl sites for hydroxylation is 1. The topological polar surface area (TPSA) is 75.6 Å². The van der Waals surface area contributed by atoms with Gasteiger partial charge in [0.25, 0.3) is 5.91 Å². The Morgan fingerprint density at radius 1 is 1.45 bits per heavy atom. The van der Waals surface area contributed by atoms with Crippen LogP contribution in [0.5, 0.6) is 0 Å². The van der Waals surface area contributed by atoms with E-state index in [0.29, 0.717) is 24.5 Å². The fourth-order valence-electron chi connectivity index (χ4n) is 1.73. The number of halogens is 1. The van der Waals surface area contributed by atoms with E-state index in [1.54, 1.807) is 25.3 Å². The Hall–Kier alpha value is -1.59. The number of carboxylic acids is 1. The van der Waals surface area contributed by atoms with E-state index in [9.17, 15) is 9.59 Å². The number of amides is 1. The van der Waals surface area contributed by atoms with Crippen LogP contribution in [-0.2, 0) is 9.53 Å². The van der Waals surface area contributed by atoms with Crippen LogP contribution in [0.15, 0.2) is 18.2 Å². The zero-order valence-corrected chi connectivity index (χ0v) is 12.2. The number of hydrogen-bond donors (Lipinski definition) is 2. The van der Waals surface area contributed by atoms with Gasteiger partial charge >= 0.3 is 5.97 Å². The Balaban J connectivity index is 2.72. The summed E-state index contributed by atoms with van der Waals surface area (Å²) in [7, 11) is 1.54. The van der Waals surface area contributed by atoms with Gasteiger partial charge in [0, 0.05) is 13.7 Å². The number of methoxy groups -OCH3 is 1. The average Bonchev–Trinajstić information content (AvgIpc) is 2.37. The zero-order valence-electron chi connectivity index (χ0n) is 11.5. The Bertz CT molecular complexity index is 490. The summed E-state index contributed by atoms with van der Waals surface area (Å²) in [5, 5.41) is 11.9. The fraction of sp³-hybridized carbons (Fsp3) is 0.429. The van der Waals surface area contributed by atoms with Crippen molar-refractivity contribution in [2.24, 2.45) is 0 Å². The third-order valence-corrected chi connectivity index (χ3v) is 3.13. The lowest BCUT2D eigenvalue weighted by Gasteiger charge is -2.15. The molecule has 110 valence electrons. The molecule has 0 aromatic heterocycles. The SMILES string of the molecule is COCCCC(NC(=O)c1ccc(C)cc1Cl)C(=O)O. The van der Waals surface area contributed by atoms with Crippen LogP contribution in [0, 0.1) is 6.92 Å². The van der Waals surface area contributed by atoms with Gasteiger partial charge < -0.3 is 15.2 Å². The molecular weight excluding hydrogens is 282 g/mol. The highest BCUT2D eigenvalue weighted by Crippen LogP contribution is 2.17. The van der Waals surface area contributed by atoms with E-state index >= 15 is 0 Å². The molecular formula is C14H18ClNO4. The lowest BCUT2D eigenvalue weighted by atomic mass is 10.1. The fourth-order valence-corrected chi connectivity index (χ4v) is 2.05. The van der Waals surface area contributed by atoms with Crippen molar-refractivity contribution in [3.63, 3.8) is 0 Å². The maximum absolute atomic E-state index is 12.0. The van der Waals surface area contributed by atoms with Gasteiger partial charge in [-0.1, -0.05) is 17.7 Å². The molecule has 0 aliphatic carbocycles. The maximum atomic E-state index is 12.0. The molecule has 5 nitrogen and oxygen atoms in total. The van der Waals surface area contributed by atoms with Crippen LogP contribution in [-0.4, -0.2) is 36.7 Å². The summed E-state index contributed by atoms with van der Waals surface area (Å²) in [6.45, 7) is 2.31. The average molecular weight is 300 g/mol. The minimum absolute atomic E-state index is 0.273. The molecule has 1 unspecified atom stereocenters. The van der Waals surface area contributed by atoms with Gasteiger partial charge in [-0.2, -0.15) is 0 Å². The van der Waals surface area contributed by atoms with E-state index in [1.807, 2.05) is 6.92 Å². The van der Waals surface area contributed by atoms with Crippen molar-refractivity contribution in [2.75, 3.05) is 13.7 Å². The normalized spacial score (nSPS) is 11.9. The van der Waals surface area contributed by atoms with Gasteiger partial charge in [0.1, 0.15) is 6.04 Å². The number of carboxylic acid groups (broad SMARTS) is 1. The Kier molecular flexibility index (Phi) is 6.48. The maximum Gasteiger partial charge on any atom is 0.326 e. The van der Waals surface area contributed by atoms with Crippen LogP contribution in [0.3, 0.4) is 0 Å². The van der Waals surface area contributed by atoms with Crippen LogP contribution >= 0.6 is 11.6 Å². The van der Waals surface area contributed by atoms with E-state index in [2.05, 4.69) is 5.32 Å². The predicted octanol–water partition coefficient (Wildman–Crippen LogP) is 2.26. The van der Waals surface area contributed by atoms with Crippen molar-refractivity contribution in [3.05, 3.63) is 34.3 Å². The molecule has 1 amide bonds. The van der Waals surface area contributed by atoms with Crippen LogP contribution in [0.25, 0.3) is 0 Å². The number of ether oxygens (including phenoxy) is 1. The number of aliphatic carboxylic acids is 1. The molecule has 20 heavy (non-hydrogen) atoms. The van der Waals surface area contributed by atoms with Crippen molar-refractivity contribution in [3.8, 4) is 0 Å². The lowest BCUT2D eigenvalue weighted by Crippen LogP contribution is -2.41. The summed E-state index contributed by atoms with van der Waals surface area (Å²) in [5.74, 6) is -1.56. The van der Waals surface area contributed by atoms with Crippen molar-refractivity contribution in [2.45, 2.75) is 25.8 Å². The molecule has 0 aliphatic rings. The zero-order chi connectivity index (χ0) is 15.1. The van der Waals surface area contributed by atoms with E-state index in [-0.39, 0.29) is 5.56 Å². The first kappa shape index (κ1) is 16.5. The first-order valence-electron chi connectivity index (χ1n) is 6.24. The van der Waals surface area contributed by atoms with Crippen LogP contribution in [0.4, 0.5) is 0 Å². The third-order valence-electron chi connectivity index (χ3n) is 2.81. The standard InChI is InChI=1S/C14H18ClNO4/c1-9-5-6-10(11(15)8-9)13(17)16-12(14(18)19)4-3-7-20-2/h5-6,8,12H,3-4,7H2,1-2H3,(H,16,17)(H,18,19). The molecule has 1 atom stereocenters. The molecule has 1 rings (SSSR count). The van der Waals surface area contributed by atoms with Gasteiger partial charge in [-0.3, -0.25) is 4.79 Å². The molecule has 0 saturated heterocycles. The summed E-state index contributed by atoms with van der Waals surface area (Å²) in [6, 6.07) is 4.05. The summed E-state index contributed by atoms with van der Waals surface area (Å²) in [6.07, 6.45) is 0.855. The molecule has 0 saturated carbocycles. The number of benzene rings is 1. The lowest BCUT2D eigenvalue weighted by molar-refractivity contribution is -0.139. The quantitative estimate of drug-likeness (QED) is 0.757. The van der Waals surface area contributed by atoms with E-state index < -0.39 is 17.9 Å². The predicted molar refractivity (Wildman–Crippen MR) is 76.2 cm³/mol. The first-order chi connectivity index (χ1) is 9.45. The highest BCUT2D eigenvalue weighted by atomic mass is 35.5. The van der Waals surface area contributed by atoms with Crippen molar-refractivity contribution >= 4 is 23.5 Å². The molecule has 1 aromatic carbocycles. The largest absolute Gasteiger partial charge is 0.480 e. The van der Waals surface area contributed by atoms with Crippen molar-refractivity contribution in [1.82, 2.24) is 5.32 Å². The van der Waals surface area contributed by atoms with Gasteiger partial charge in [-0.15, -0.1) is 0 Å². The highest BCUT2D eigenvalue weighted by Gasteiger charge is 2.21. The molecule has 1 aromatic rings. The Labute approximate surface area is 122 Å². The monoisotopic (exact) mass is 299 g/mol. The molecule has 0 radical (unpaired) electrons. The second-order valence-corrected chi connectivity index (χ2v) is 4.89.